The molecular weight excluding hydrogens is 190 g/mol. The van der Waals surface area contributed by atoms with Gasteiger partial charge >= 0.3 is 0 Å². The molecule has 1 rings (SSSR count). The zero-order chi connectivity index (χ0) is 11.1. The number of imidazole rings is 1. The van der Waals surface area contributed by atoms with E-state index in [9.17, 15) is 0 Å². The molecule has 1 aromatic rings. The van der Waals surface area contributed by atoms with E-state index >= 15 is 0 Å². The van der Waals surface area contributed by atoms with E-state index in [1.165, 1.54) is 0 Å². The van der Waals surface area contributed by atoms with E-state index in [4.69, 9.17) is 5.11 Å². The largest absolute Gasteiger partial charge is 0.396 e. The van der Waals surface area contributed by atoms with E-state index in [0.717, 1.165) is 31.6 Å². The van der Waals surface area contributed by atoms with Gasteiger partial charge in [-0.2, -0.15) is 0 Å². The normalized spacial score (nSPS) is 11.9. The summed E-state index contributed by atoms with van der Waals surface area (Å²) in [6.07, 6.45) is 5.64. The van der Waals surface area contributed by atoms with Crippen molar-refractivity contribution < 1.29 is 5.11 Å². The smallest absolute Gasteiger partial charge is 0.0922 e. The lowest BCUT2D eigenvalue weighted by atomic mass is 9.89. The van der Waals surface area contributed by atoms with Crippen molar-refractivity contribution in [3.05, 3.63) is 18.2 Å². The molecule has 0 fully saturated rings. The quantitative estimate of drug-likeness (QED) is 0.596. The summed E-state index contributed by atoms with van der Waals surface area (Å²) in [5.41, 5.74) is 1.16. The Hall–Kier alpha value is -0.870. The lowest BCUT2D eigenvalue weighted by Crippen LogP contribution is -2.21. The Labute approximate surface area is 91.1 Å². The molecule has 0 aliphatic rings. The second kappa shape index (κ2) is 5.88. The molecule has 3 N–H and O–H groups in total. The Morgan fingerprint density at radius 2 is 2.33 bits per heavy atom. The molecule has 4 nitrogen and oxygen atoms in total. The molecule has 0 saturated heterocycles. The van der Waals surface area contributed by atoms with E-state index in [1.54, 1.807) is 6.33 Å². The van der Waals surface area contributed by atoms with Crippen LogP contribution in [0, 0.1) is 5.41 Å². The van der Waals surface area contributed by atoms with Crippen LogP contribution in [-0.2, 0) is 6.54 Å². The van der Waals surface area contributed by atoms with Crippen molar-refractivity contribution in [3.8, 4) is 0 Å². The molecule has 1 heterocycles. The molecule has 0 aromatic carbocycles. The Morgan fingerprint density at radius 1 is 1.53 bits per heavy atom. The fourth-order valence-electron chi connectivity index (χ4n) is 1.38. The first-order valence-electron chi connectivity index (χ1n) is 5.43. The van der Waals surface area contributed by atoms with Gasteiger partial charge in [-0.3, -0.25) is 0 Å². The number of hydrogen-bond donors (Lipinski definition) is 3. The molecule has 0 radical (unpaired) electrons. The van der Waals surface area contributed by atoms with Crippen LogP contribution in [0.3, 0.4) is 0 Å². The van der Waals surface area contributed by atoms with Crippen molar-refractivity contribution in [2.24, 2.45) is 5.41 Å². The first-order valence-corrected chi connectivity index (χ1v) is 5.43. The van der Waals surface area contributed by atoms with Crippen LogP contribution in [-0.4, -0.2) is 28.2 Å². The highest BCUT2D eigenvalue weighted by Gasteiger charge is 2.14. The number of aliphatic hydroxyl groups is 1. The van der Waals surface area contributed by atoms with Crippen LogP contribution in [0.1, 0.15) is 32.4 Å². The fraction of sp³-hybridized carbons (Fsp3) is 0.727. The number of nitrogens with zero attached hydrogens (tertiary/aromatic N) is 1. The molecule has 86 valence electrons. The highest BCUT2D eigenvalue weighted by atomic mass is 16.3. The highest BCUT2D eigenvalue weighted by Crippen LogP contribution is 2.20. The zero-order valence-corrected chi connectivity index (χ0v) is 9.58. The van der Waals surface area contributed by atoms with Crippen molar-refractivity contribution in [2.45, 2.75) is 33.2 Å². The highest BCUT2D eigenvalue weighted by molar-refractivity contribution is 4.92. The maximum Gasteiger partial charge on any atom is 0.0922 e. The molecule has 0 spiro atoms. The summed E-state index contributed by atoms with van der Waals surface area (Å²) in [6.45, 7) is 6.24. The average molecular weight is 211 g/mol. The summed E-state index contributed by atoms with van der Waals surface area (Å²) in [4.78, 5) is 6.99. The van der Waals surface area contributed by atoms with Gasteiger partial charge in [0.2, 0.25) is 0 Å². The van der Waals surface area contributed by atoms with Crippen LogP contribution in [0.15, 0.2) is 12.5 Å². The molecule has 0 saturated carbocycles. The number of hydrogen-bond acceptors (Lipinski definition) is 3. The molecule has 4 heteroatoms. The van der Waals surface area contributed by atoms with E-state index in [1.807, 2.05) is 6.20 Å². The van der Waals surface area contributed by atoms with Crippen molar-refractivity contribution in [1.29, 1.82) is 0 Å². The molecule has 0 unspecified atom stereocenters. The van der Waals surface area contributed by atoms with Gasteiger partial charge in [0.05, 0.1) is 6.33 Å². The maximum absolute atomic E-state index is 9.07. The molecule has 0 aliphatic heterocycles. The topological polar surface area (TPSA) is 60.9 Å². The van der Waals surface area contributed by atoms with E-state index < -0.39 is 0 Å². The second-order valence-corrected chi connectivity index (χ2v) is 4.68. The minimum absolute atomic E-state index is 0.0513. The van der Waals surface area contributed by atoms with Gasteiger partial charge in [-0.15, -0.1) is 0 Å². The summed E-state index contributed by atoms with van der Waals surface area (Å²) in [7, 11) is 0. The van der Waals surface area contributed by atoms with Gasteiger partial charge in [0, 0.05) is 25.0 Å². The molecule has 0 atom stereocenters. The van der Waals surface area contributed by atoms with Crippen molar-refractivity contribution in [3.63, 3.8) is 0 Å². The van der Waals surface area contributed by atoms with E-state index in [-0.39, 0.29) is 12.0 Å². The van der Waals surface area contributed by atoms with E-state index in [0.29, 0.717) is 0 Å². The molecule has 0 amide bonds. The zero-order valence-electron chi connectivity index (χ0n) is 9.58. The lowest BCUT2D eigenvalue weighted by Gasteiger charge is -2.21. The third kappa shape index (κ3) is 4.95. The van der Waals surface area contributed by atoms with Gasteiger partial charge in [-0.25, -0.2) is 4.98 Å². The van der Waals surface area contributed by atoms with Crippen LogP contribution >= 0.6 is 0 Å². The Morgan fingerprint density at radius 3 is 2.93 bits per heavy atom. The molecule has 15 heavy (non-hydrogen) atoms. The molecule has 0 bridgehead atoms. The van der Waals surface area contributed by atoms with Gasteiger partial charge in [0.25, 0.3) is 0 Å². The average Bonchev–Trinajstić information content (AvgIpc) is 2.70. The van der Waals surface area contributed by atoms with Gasteiger partial charge in [0.15, 0.2) is 0 Å². The summed E-state index contributed by atoms with van der Waals surface area (Å²) in [6, 6.07) is 0. The van der Waals surface area contributed by atoms with Crippen molar-refractivity contribution >= 4 is 0 Å². The summed E-state index contributed by atoms with van der Waals surface area (Å²) >= 11 is 0. The summed E-state index contributed by atoms with van der Waals surface area (Å²) < 4.78 is 0. The monoisotopic (exact) mass is 211 g/mol. The lowest BCUT2D eigenvalue weighted by molar-refractivity contribution is 0.148. The number of H-pyrrole nitrogens is 1. The van der Waals surface area contributed by atoms with Crippen LogP contribution in [0.4, 0.5) is 0 Å². The fourth-order valence-corrected chi connectivity index (χ4v) is 1.38. The second-order valence-electron chi connectivity index (χ2n) is 4.68. The molecule has 1 aromatic heterocycles. The van der Waals surface area contributed by atoms with Gasteiger partial charge in [0.1, 0.15) is 0 Å². The third-order valence-corrected chi connectivity index (χ3v) is 2.51. The minimum atomic E-state index is 0.0513. The van der Waals surface area contributed by atoms with Gasteiger partial charge < -0.3 is 15.4 Å². The van der Waals surface area contributed by atoms with Gasteiger partial charge in [-0.05, 0) is 24.8 Å². The van der Waals surface area contributed by atoms with Crippen molar-refractivity contribution in [1.82, 2.24) is 15.3 Å². The van der Waals surface area contributed by atoms with Crippen molar-refractivity contribution in [2.75, 3.05) is 13.2 Å². The predicted octanol–water partition coefficient (Wildman–Crippen LogP) is 1.30. The number of aliphatic hydroxyl groups excluding tert-OH is 1. The van der Waals surface area contributed by atoms with Crippen LogP contribution < -0.4 is 5.32 Å². The Kier molecular flexibility index (Phi) is 4.78. The number of aromatic nitrogens is 2. The summed E-state index contributed by atoms with van der Waals surface area (Å²) in [5.74, 6) is 0. The number of aromatic amines is 1. The van der Waals surface area contributed by atoms with Crippen LogP contribution in [0.2, 0.25) is 0 Å². The maximum atomic E-state index is 9.07. The Bertz CT molecular complexity index is 257. The summed E-state index contributed by atoms with van der Waals surface area (Å²) in [5, 5.41) is 12.4. The Balaban J connectivity index is 2.03. The molecule has 0 aliphatic carbocycles. The first-order chi connectivity index (χ1) is 7.14. The van der Waals surface area contributed by atoms with Crippen LogP contribution in [0.25, 0.3) is 0 Å². The predicted molar refractivity (Wildman–Crippen MR) is 60.4 cm³/mol. The SMILES string of the molecule is CC(C)(CO)CCCNCc1cnc[nH]1. The third-order valence-electron chi connectivity index (χ3n) is 2.51. The minimum Gasteiger partial charge on any atom is -0.396 e. The van der Waals surface area contributed by atoms with E-state index in [2.05, 4.69) is 29.1 Å². The first kappa shape index (κ1) is 12.2. The number of rotatable bonds is 7. The van der Waals surface area contributed by atoms with Gasteiger partial charge in [-0.1, -0.05) is 13.8 Å². The van der Waals surface area contributed by atoms with Crippen LogP contribution in [0.5, 0.6) is 0 Å². The standard InChI is InChI=1S/C11H21N3O/c1-11(2,8-15)4-3-5-12-6-10-7-13-9-14-10/h7,9,12,15H,3-6,8H2,1-2H3,(H,13,14). The number of nitrogens with one attached hydrogen (secondary N) is 2. The molecular formula is C11H21N3O.